The van der Waals surface area contributed by atoms with E-state index >= 15 is 0 Å². The lowest BCUT2D eigenvalue weighted by Crippen LogP contribution is -1.98. The first kappa shape index (κ1) is 16.7. The Kier molecular flexibility index (Phi) is 5.09. The SMILES string of the molecule is COc1ccccc1Nc1cc(C)cc(Nc2ccccc2OC)c1. The minimum atomic E-state index is 0.809. The van der Waals surface area contributed by atoms with Gasteiger partial charge in [-0.3, -0.25) is 0 Å². The second-order valence-corrected chi connectivity index (χ2v) is 5.74. The summed E-state index contributed by atoms with van der Waals surface area (Å²) in [5, 5.41) is 6.85. The molecule has 0 unspecified atom stereocenters. The van der Waals surface area contributed by atoms with E-state index < -0.39 is 0 Å². The van der Waals surface area contributed by atoms with Crippen molar-refractivity contribution in [3.05, 3.63) is 72.3 Å². The lowest BCUT2D eigenvalue weighted by atomic mass is 10.1. The summed E-state index contributed by atoms with van der Waals surface area (Å²) in [5.41, 5.74) is 4.98. The quantitative estimate of drug-likeness (QED) is 0.625. The number of benzene rings is 3. The van der Waals surface area contributed by atoms with Crippen LogP contribution in [-0.2, 0) is 0 Å². The summed E-state index contributed by atoms with van der Waals surface area (Å²) in [7, 11) is 3.34. The van der Waals surface area contributed by atoms with Gasteiger partial charge in [0.2, 0.25) is 0 Å². The van der Waals surface area contributed by atoms with Crippen LogP contribution in [0.2, 0.25) is 0 Å². The summed E-state index contributed by atoms with van der Waals surface area (Å²) in [6.45, 7) is 2.07. The van der Waals surface area contributed by atoms with Gasteiger partial charge < -0.3 is 20.1 Å². The van der Waals surface area contributed by atoms with Crippen LogP contribution in [0.4, 0.5) is 22.7 Å². The molecule has 0 radical (unpaired) electrons. The zero-order valence-electron chi connectivity index (χ0n) is 14.7. The van der Waals surface area contributed by atoms with E-state index in [1.165, 1.54) is 0 Å². The van der Waals surface area contributed by atoms with Gasteiger partial charge in [-0.2, -0.15) is 0 Å². The molecule has 0 atom stereocenters. The Labute approximate surface area is 148 Å². The van der Waals surface area contributed by atoms with Crippen molar-refractivity contribution < 1.29 is 9.47 Å². The van der Waals surface area contributed by atoms with Gasteiger partial charge in [-0.05, 0) is 55.0 Å². The highest BCUT2D eigenvalue weighted by atomic mass is 16.5. The van der Waals surface area contributed by atoms with Gasteiger partial charge in [0.25, 0.3) is 0 Å². The minimum absolute atomic E-state index is 0.809. The first-order chi connectivity index (χ1) is 12.2. The van der Waals surface area contributed by atoms with E-state index in [2.05, 4.69) is 35.8 Å². The Morgan fingerprint density at radius 1 is 0.640 bits per heavy atom. The van der Waals surface area contributed by atoms with Crippen LogP contribution >= 0.6 is 0 Å². The number of hydrogen-bond acceptors (Lipinski definition) is 4. The first-order valence-corrected chi connectivity index (χ1v) is 8.11. The summed E-state index contributed by atoms with van der Waals surface area (Å²) >= 11 is 0. The molecule has 3 rings (SSSR count). The molecule has 0 amide bonds. The summed E-state index contributed by atoms with van der Waals surface area (Å²) in [5.74, 6) is 1.62. The fourth-order valence-corrected chi connectivity index (χ4v) is 2.73. The Morgan fingerprint density at radius 3 is 1.52 bits per heavy atom. The molecule has 0 saturated heterocycles. The Hall–Kier alpha value is -3.14. The van der Waals surface area contributed by atoms with Gasteiger partial charge in [-0.15, -0.1) is 0 Å². The lowest BCUT2D eigenvalue weighted by Gasteiger charge is -2.15. The fraction of sp³-hybridized carbons (Fsp3) is 0.143. The van der Waals surface area contributed by atoms with E-state index in [0.29, 0.717) is 0 Å². The molecule has 0 saturated carbocycles. The van der Waals surface area contributed by atoms with E-state index in [1.54, 1.807) is 14.2 Å². The van der Waals surface area contributed by atoms with E-state index in [9.17, 15) is 0 Å². The van der Waals surface area contributed by atoms with Gasteiger partial charge in [-0.1, -0.05) is 24.3 Å². The molecule has 0 aromatic heterocycles. The normalized spacial score (nSPS) is 10.2. The van der Waals surface area contributed by atoms with Crippen LogP contribution in [0.3, 0.4) is 0 Å². The van der Waals surface area contributed by atoms with Gasteiger partial charge in [0.05, 0.1) is 25.6 Å². The number of anilines is 4. The zero-order valence-corrected chi connectivity index (χ0v) is 14.7. The van der Waals surface area contributed by atoms with E-state index in [0.717, 1.165) is 39.8 Å². The molecule has 0 bridgehead atoms. The number of para-hydroxylation sites is 4. The topological polar surface area (TPSA) is 42.5 Å². The van der Waals surface area contributed by atoms with Crippen LogP contribution in [0.1, 0.15) is 5.56 Å². The van der Waals surface area contributed by atoms with E-state index in [4.69, 9.17) is 9.47 Å². The molecule has 0 fully saturated rings. The second kappa shape index (κ2) is 7.62. The molecule has 0 heterocycles. The van der Waals surface area contributed by atoms with Crippen molar-refractivity contribution in [1.29, 1.82) is 0 Å². The molecule has 2 N–H and O–H groups in total. The molecule has 0 aliphatic carbocycles. The number of rotatable bonds is 6. The van der Waals surface area contributed by atoms with E-state index in [-0.39, 0.29) is 0 Å². The summed E-state index contributed by atoms with van der Waals surface area (Å²) in [6, 6.07) is 22.0. The number of aryl methyl sites for hydroxylation is 1. The van der Waals surface area contributed by atoms with Crippen LogP contribution in [0.25, 0.3) is 0 Å². The largest absolute Gasteiger partial charge is 0.495 e. The number of ether oxygens (including phenoxy) is 2. The van der Waals surface area contributed by atoms with Crippen LogP contribution < -0.4 is 20.1 Å². The highest BCUT2D eigenvalue weighted by Gasteiger charge is 2.06. The predicted molar refractivity (Wildman–Crippen MR) is 104 cm³/mol. The Bertz CT molecular complexity index is 794. The molecule has 0 aliphatic rings. The maximum atomic E-state index is 5.41. The second-order valence-electron chi connectivity index (χ2n) is 5.74. The zero-order chi connectivity index (χ0) is 17.6. The minimum Gasteiger partial charge on any atom is -0.495 e. The van der Waals surface area contributed by atoms with Gasteiger partial charge >= 0.3 is 0 Å². The van der Waals surface area contributed by atoms with Crippen LogP contribution in [0, 0.1) is 6.92 Å². The van der Waals surface area contributed by atoms with Gasteiger partial charge in [0, 0.05) is 11.4 Å². The van der Waals surface area contributed by atoms with E-state index in [1.807, 2.05) is 48.5 Å². The molecule has 4 nitrogen and oxygen atoms in total. The van der Waals surface area contributed by atoms with Crippen LogP contribution in [0.15, 0.2) is 66.7 Å². The summed E-state index contributed by atoms with van der Waals surface area (Å²) in [6.07, 6.45) is 0. The highest BCUT2D eigenvalue weighted by Crippen LogP contribution is 2.31. The Morgan fingerprint density at radius 2 is 1.08 bits per heavy atom. The van der Waals surface area contributed by atoms with Crippen molar-refractivity contribution in [3.8, 4) is 11.5 Å². The molecular weight excluding hydrogens is 312 g/mol. The predicted octanol–water partition coefficient (Wildman–Crippen LogP) is 5.50. The number of nitrogens with one attached hydrogen (secondary N) is 2. The Balaban J connectivity index is 1.88. The van der Waals surface area contributed by atoms with Crippen LogP contribution in [-0.4, -0.2) is 14.2 Å². The molecule has 25 heavy (non-hydrogen) atoms. The van der Waals surface area contributed by atoms with Crippen molar-refractivity contribution in [1.82, 2.24) is 0 Å². The molecule has 3 aromatic rings. The van der Waals surface area contributed by atoms with Crippen molar-refractivity contribution in [2.45, 2.75) is 6.92 Å². The number of hydrogen-bond donors (Lipinski definition) is 2. The monoisotopic (exact) mass is 334 g/mol. The molecule has 3 aromatic carbocycles. The maximum Gasteiger partial charge on any atom is 0.142 e. The molecular formula is C21H22N2O2. The average Bonchev–Trinajstić information content (AvgIpc) is 2.62. The molecule has 0 aliphatic heterocycles. The van der Waals surface area contributed by atoms with Gasteiger partial charge in [0.1, 0.15) is 11.5 Å². The third-order valence-corrected chi connectivity index (χ3v) is 3.85. The third-order valence-electron chi connectivity index (χ3n) is 3.85. The summed E-state index contributed by atoms with van der Waals surface area (Å²) in [4.78, 5) is 0. The third kappa shape index (κ3) is 4.04. The van der Waals surface area contributed by atoms with Crippen molar-refractivity contribution in [2.24, 2.45) is 0 Å². The lowest BCUT2D eigenvalue weighted by molar-refractivity contribution is 0.417. The van der Waals surface area contributed by atoms with Crippen molar-refractivity contribution in [2.75, 3.05) is 24.9 Å². The van der Waals surface area contributed by atoms with Crippen LogP contribution in [0.5, 0.6) is 11.5 Å². The summed E-state index contributed by atoms with van der Waals surface area (Å²) < 4.78 is 10.8. The number of methoxy groups -OCH3 is 2. The smallest absolute Gasteiger partial charge is 0.142 e. The standard InChI is InChI=1S/C21H22N2O2/c1-15-12-16(22-18-8-4-6-10-20(18)24-2)14-17(13-15)23-19-9-5-7-11-21(19)25-3/h4-14,22-23H,1-3H3. The van der Waals surface area contributed by atoms with Gasteiger partial charge in [-0.25, -0.2) is 0 Å². The maximum absolute atomic E-state index is 5.41. The molecule has 128 valence electrons. The molecule has 4 heteroatoms. The fourth-order valence-electron chi connectivity index (χ4n) is 2.73. The average molecular weight is 334 g/mol. The van der Waals surface area contributed by atoms with Crippen molar-refractivity contribution in [3.63, 3.8) is 0 Å². The highest BCUT2D eigenvalue weighted by molar-refractivity contribution is 5.73. The van der Waals surface area contributed by atoms with Crippen molar-refractivity contribution >= 4 is 22.7 Å². The van der Waals surface area contributed by atoms with Gasteiger partial charge in [0.15, 0.2) is 0 Å². The first-order valence-electron chi connectivity index (χ1n) is 8.11. The molecule has 0 spiro atoms.